The molecule has 6 heteroatoms. The van der Waals surface area contributed by atoms with E-state index in [1.807, 2.05) is 11.8 Å². The molecule has 1 saturated heterocycles. The molecule has 1 aliphatic rings. The van der Waals surface area contributed by atoms with E-state index in [2.05, 4.69) is 5.32 Å². The van der Waals surface area contributed by atoms with Crippen LogP contribution in [0.2, 0.25) is 0 Å². The van der Waals surface area contributed by atoms with Crippen molar-refractivity contribution in [1.82, 2.24) is 10.2 Å². The summed E-state index contributed by atoms with van der Waals surface area (Å²) in [6.45, 7) is 2.06. The van der Waals surface area contributed by atoms with E-state index in [1.165, 1.54) is 0 Å². The van der Waals surface area contributed by atoms with Crippen LogP contribution >= 0.6 is 11.8 Å². The summed E-state index contributed by atoms with van der Waals surface area (Å²) in [6.07, 6.45) is 1.51. The van der Waals surface area contributed by atoms with Gasteiger partial charge < -0.3 is 15.3 Å². The molecule has 0 aromatic carbocycles. The Bertz CT molecular complexity index is 280. The van der Waals surface area contributed by atoms with Crippen molar-refractivity contribution in [2.75, 3.05) is 25.1 Å². The maximum absolute atomic E-state index is 11.7. The first kappa shape index (κ1) is 14.2. The first-order valence-corrected chi connectivity index (χ1v) is 6.99. The number of hydrogen-bond acceptors (Lipinski definition) is 3. The van der Waals surface area contributed by atoms with Crippen molar-refractivity contribution in [3.8, 4) is 0 Å². The third-order valence-corrected chi connectivity index (χ3v) is 4.19. The van der Waals surface area contributed by atoms with Gasteiger partial charge in [0.15, 0.2) is 0 Å². The van der Waals surface area contributed by atoms with E-state index in [0.717, 1.165) is 17.9 Å². The molecule has 17 heavy (non-hydrogen) atoms. The van der Waals surface area contributed by atoms with E-state index >= 15 is 0 Å². The fourth-order valence-electron chi connectivity index (χ4n) is 1.64. The first-order valence-electron chi connectivity index (χ1n) is 5.83. The Morgan fingerprint density at radius 3 is 2.82 bits per heavy atom. The van der Waals surface area contributed by atoms with Gasteiger partial charge in [-0.15, -0.1) is 0 Å². The average molecular weight is 260 g/mol. The van der Waals surface area contributed by atoms with Crippen LogP contribution in [-0.4, -0.2) is 53.1 Å². The fraction of sp³-hybridized carbons (Fsp3) is 0.818. The molecule has 0 aromatic rings. The van der Waals surface area contributed by atoms with Gasteiger partial charge in [0, 0.05) is 25.4 Å². The van der Waals surface area contributed by atoms with Crippen LogP contribution in [0.1, 0.15) is 19.8 Å². The monoisotopic (exact) mass is 260 g/mol. The third-order valence-electron chi connectivity index (χ3n) is 3.05. The normalized spacial score (nSPS) is 20.9. The number of aliphatic carboxylic acids is 1. The number of carbonyl (C=O) groups excluding carboxylic acids is 1. The molecule has 1 fully saturated rings. The fourth-order valence-corrected chi connectivity index (χ4v) is 2.90. The van der Waals surface area contributed by atoms with E-state index < -0.39 is 11.9 Å². The highest BCUT2D eigenvalue weighted by Crippen LogP contribution is 2.21. The number of nitrogens with zero attached hydrogens (tertiary/aromatic N) is 1. The smallest absolute Gasteiger partial charge is 0.317 e. The maximum Gasteiger partial charge on any atom is 0.317 e. The zero-order chi connectivity index (χ0) is 12.8. The quantitative estimate of drug-likeness (QED) is 0.780. The number of rotatable bonds is 5. The third kappa shape index (κ3) is 4.46. The zero-order valence-electron chi connectivity index (χ0n) is 10.3. The van der Waals surface area contributed by atoms with E-state index in [-0.39, 0.29) is 6.03 Å². The van der Waals surface area contributed by atoms with Gasteiger partial charge in [0.05, 0.1) is 5.92 Å². The molecule has 2 atom stereocenters. The Balaban J connectivity index is 2.22. The average Bonchev–Trinajstić information content (AvgIpc) is 2.80. The molecule has 2 unspecified atom stereocenters. The highest BCUT2D eigenvalue weighted by atomic mass is 32.2. The molecule has 98 valence electrons. The molecule has 1 heterocycles. The van der Waals surface area contributed by atoms with Crippen LogP contribution < -0.4 is 5.32 Å². The summed E-state index contributed by atoms with van der Waals surface area (Å²) in [5, 5.41) is 11.5. The highest BCUT2D eigenvalue weighted by molar-refractivity contribution is 7.99. The molecular formula is C11H20N2O3S. The maximum atomic E-state index is 11.7. The largest absolute Gasteiger partial charge is 0.481 e. The Morgan fingerprint density at radius 2 is 2.29 bits per heavy atom. The van der Waals surface area contributed by atoms with Crippen LogP contribution in [-0.2, 0) is 4.79 Å². The van der Waals surface area contributed by atoms with Crippen molar-refractivity contribution < 1.29 is 14.7 Å². The van der Waals surface area contributed by atoms with Crippen LogP contribution in [0.15, 0.2) is 0 Å². The first-order chi connectivity index (χ1) is 8.02. The predicted molar refractivity (Wildman–Crippen MR) is 68.3 cm³/mol. The number of carboxylic acids is 1. The molecule has 0 saturated carbocycles. The predicted octanol–water partition coefficient (Wildman–Crippen LogP) is 1.24. The zero-order valence-corrected chi connectivity index (χ0v) is 11.1. The molecular weight excluding hydrogens is 240 g/mol. The van der Waals surface area contributed by atoms with Crippen molar-refractivity contribution in [1.29, 1.82) is 0 Å². The van der Waals surface area contributed by atoms with Crippen molar-refractivity contribution in [2.45, 2.75) is 25.8 Å². The molecule has 0 aromatic heterocycles. The lowest BCUT2D eigenvalue weighted by Gasteiger charge is -2.24. The van der Waals surface area contributed by atoms with E-state index in [9.17, 15) is 9.59 Å². The summed E-state index contributed by atoms with van der Waals surface area (Å²) in [5.74, 6) is 0.871. The number of carboxylic acid groups (broad SMARTS) is 1. The topological polar surface area (TPSA) is 69.6 Å². The van der Waals surface area contributed by atoms with Crippen LogP contribution in [0.5, 0.6) is 0 Å². The number of nitrogens with one attached hydrogen (secondary N) is 1. The summed E-state index contributed by atoms with van der Waals surface area (Å²) in [6, 6.07) is 0.215. The van der Waals surface area contributed by atoms with Gasteiger partial charge in [-0.3, -0.25) is 4.79 Å². The number of hydrogen-bond donors (Lipinski definition) is 2. The van der Waals surface area contributed by atoms with Gasteiger partial charge in [-0.25, -0.2) is 4.79 Å². The minimum atomic E-state index is -0.820. The standard InChI is InChI=1S/C11H20N2O3S/c1-8(10(14)15)3-5-12-11(16)13(2)9-4-6-17-7-9/h8-9H,3-7H2,1-2H3,(H,12,16)(H,14,15). The number of amides is 2. The van der Waals surface area contributed by atoms with E-state index in [4.69, 9.17) is 5.11 Å². The summed E-state index contributed by atoms with van der Waals surface area (Å²) in [7, 11) is 1.80. The van der Waals surface area contributed by atoms with Crippen LogP contribution in [0.4, 0.5) is 4.79 Å². The van der Waals surface area contributed by atoms with E-state index in [1.54, 1.807) is 18.9 Å². The number of urea groups is 1. The van der Waals surface area contributed by atoms with Gasteiger partial charge in [-0.2, -0.15) is 11.8 Å². The summed E-state index contributed by atoms with van der Waals surface area (Å²) < 4.78 is 0. The SMILES string of the molecule is CC(CCNC(=O)N(C)C1CCSC1)C(=O)O. The molecule has 1 aliphatic heterocycles. The van der Waals surface area contributed by atoms with Gasteiger partial charge in [0.2, 0.25) is 0 Å². The van der Waals surface area contributed by atoms with Crippen molar-refractivity contribution >= 4 is 23.8 Å². The van der Waals surface area contributed by atoms with Crippen LogP contribution in [0, 0.1) is 5.92 Å². The molecule has 2 amide bonds. The second-order valence-corrected chi connectivity index (χ2v) is 5.54. The van der Waals surface area contributed by atoms with Crippen LogP contribution in [0.25, 0.3) is 0 Å². The number of carbonyl (C=O) groups is 2. The molecule has 0 bridgehead atoms. The Kier molecular flexibility index (Phi) is 5.61. The van der Waals surface area contributed by atoms with Crippen molar-refractivity contribution in [3.63, 3.8) is 0 Å². The minimum Gasteiger partial charge on any atom is -0.481 e. The van der Waals surface area contributed by atoms with Crippen molar-refractivity contribution in [2.24, 2.45) is 5.92 Å². The molecule has 0 radical (unpaired) electrons. The van der Waals surface area contributed by atoms with Crippen molar-refractivity contribution in [3.05, 3.63) is 0 Å². The van der Waals surface area contributed by atoms with Gasteiger partial charge in [-0.05, 0) is 18.6 Å². The Hall–Kier alpha value is -0.910. The highest BCUT2D eigenvalue weighted by Gasteiger charge is 2.23. The summed E-state index contributed by atoms with van der Waals surface area (Å²) >= 11 is 1.86. The Labute approximate surface area is 106 Å². The summed E-state index contributed by atoms with van der Waals surface area (Å²) in [5.41, 5.74) is 0. The van der Waals surface area contributed by atoms with Gasteiger partial charge >= 0.3 is 12.0 Å². The second kappa shape index (κ2) is 6.74. The summed E-state index contributed by atoms with van der Waals surface area (Å²) in [4.78, 5) is 24.1. The Morgan fingerprint density at radius 1 is 1.59 bits per heavy atom. The van der Waals surface area contributed by atoms with Gasteiger partial charge in [0.25, 0.3) is 0 Å². The minimum absolute atomic E-state index is 0.102. The lowest BCUT2D eigenvalue weighted by atomic mass is 10.1. The molecule has 5 nitrogen and oxygen atoms in total. The second-order valence-electron chi connectivity index (χ2n) is 4.39. The van der Waals surface area contributed by atoms with Crippen LogP contribution in [0.3, 0.4) is 0 Å². The molecule has 0 spiro atoms. The lowest BCUT2D eigenvalue weighted by Crippen LogP contribution is -2.44. The lowest BCUT2D eigenvalue weighted by molar-refractivity contribution is -0.141. The number of thioether (sulfide) groups is 1. The van der Waals surface area contributed by atoms with Gasteiger partial charge in [0.1, 0.15) is 0 Å². The molecule has 1 rings (SSSR count). The van der Waals surface area contributed by atoms with Gasteiger partial charge in [-0.1, -0.05) is 6.92 Å². The van der Waals surface area contributed by atoms with E-state index in [0.29, 0.717) is 19.0 Å². The molecule has 0 aliphatic carbocycles. The molecule has 2 N–H and O–H groups in total.